The van der Waals surface area contributed by atoms with E-state index in [0.717, 1.165) is 35.8 Å². The maximum absolute atomic E-state index is 13.2. The predicted molar refractivity (Wildman–Crippen MR) is 97.9 cm³/mol. The third-order valence-corrected chi connectivity index (χ3v) is 3.95. The fraction of sp³-hybridized carbons (Fsp3) is 0.444. The Morgan fingerprint density at radius 1 is 1.12 bits per heavy atom. The highest BCUT2D eigenvalue weighted by Crippen LogP contribution is 2.31. The second-order valence-electron chi connectivity index (χ2n) is 6.42. The molecular formula is C18H24F3N5. The number of aryl methyl sites for hydroxylation is 1. The maximum atomic E-state index is 13.2. The van der Waals surface area contributed by atoms with Crippen LogP contribution in [0.3, 0.4) is 0 Å². The number of nitrogens with one attached hydrogen (secondary N) is 2. The maximum Gasteiger partial charge on any atom is 0.433 e. The molecule has 0 saturated carbocycles. The molecule has 2 aromatic rings. The molecule has 2 N–H and O–H groups in total. The Balaban J connectivity index is 2.24. The molecule has 2 rings (SSSR count). The Morgan fingerprint density at radius 2 is 1.85 bits per heavy atom. The Labute approximate surface area is 151 Å². The average molecular weight is 367 g/mol. The third-order valence-electron chi connectivity index (χ3n) is 3.95. The van der Waals surface area contributed by atoms with E-state index >= 15 is 0 Å². The van der Waals surface area contributed by atoms with Gasteiger partial charge in [-0.1, -0.05) is 12.1 Å². The molecule has 1 aromatic heterocycles. The fourth-order valence-corrected chi connectivity index (χ4v) is 2.36. The molecule has 0 bridgehead atoms. The van der Waals surface area contributed by atoms with Crippen molar-refractivity contribution in [2.75, 3.05) is 37.8 Å². The highest BCUT2D eigenvalue weighted by molar-refractivity contribution is 5.63. The molecule has 0 atom stereocenters. The molecule has 0 radical (unpaired) electrons. The topological polar surface area (TPSA) is 53.1 Å². The molecule has 0 amide bonds. The summed E-state index contributed by atoms with van der Waals surface area (Å²) in [6.45, 7) is 5.16. The summed E-state index contributed by atoms with van der Waals surface area (Å²) in [7, 11) is 3.87. The number of hydrogen-bond acceptors (Lipinski definition) is 5. The zero-order valence-corrected chi connectivity index (χ0v) is 15.4. The number of alkyl halides is 3. The quantitative estimate of drug-likeness (QED) is 0.718. The number of halogens is 3. The summed E-state index contributed by atoms with van der Waals surface area (Å²) < 4.78 is 39.5. The van der Waals surface area contributed by atoms with Crippen LogP contribution in [0.15, 0.2) is 24.3 Å². The van der Waals surface area contributed by atoms with Crippen molar-refractivity contribution in [1.82, 2.24) is 14.9 Å². The lowest BCUT2D eigenvalue weighted by atomic mass is 10.1. The van der Waals surface area contributed by atoms with E-state index in [1.165, 1.54) is 0 Å². The minimum absolute atomic E-state index is 0.0358. The number of hydrogen-bond donors (Lipinski definition) is 2. The summed E-state index contributed by atoms with van der Waals surface area (Å²) in [6, 6.07) is 6.52. The van der Waals surface area contributed by atoms with Gasteiger partial charge in [0.1, 0.15) is 5.82 Å². The van der Waals surface area contributed by atoms with Gasteiger partial charge >= 0.3 is 6.18 Å². The number of rotatable bonds is 7. The van der Waals surface area contributed by atoms with Crippen LogP contribution in [0.5, 0.6) is 0 Å². The van der Waals surface area contributed by atoms with Crippen LogP contribution in [0.25, 0.3) is 0 Å². The Bertz CT molecular complexity index is 744. The van der Waals surface area contributed by atoms with Crippen molar-refractivity contribution in [1.29, 1.82) is 0 Å². The van der Waals surface area contributed by atoms with Gasteiger partial charge in [-0.05, 0) is 58.1 Å². The van der Waals surface area contributed by atoms with Crippen molar-refractivity contribution in [3.8, 4) is 0 Å². The Hall–Kier alpha value is -2.35. The molecule has 1 aromatic carbocycles. The van der Waals surface area contributed by atoms with Crippen molar-refractivity contribution in [2.24, 2.45) is 0 Å². The lowest BCUT2D eigenvalue weighted by Crippen LogP contribution is -2.18. The molecule has 0 fully saturated rings. The van der Waals surface area contributed by atoms with Crippen LogP contribution in [0.2, 0.25) is 0 Å². The van der Waals surface area contributed by atoms with Crippen LogP contribution in [0, 0.1) is 13.8 Å². The van der Waals surface area contributed by atoms with Gasteiger partial charge in [-0.25, -0.2) is 4.98 Å². The van der Waals surface area contributed by atoms with Crippen molar-refractivity contribution in [3.05, 3.63) is 41.1 Å². The van der Waals surface area contributed by atoms with Gasteiger partial charge < -0.3 is 15.5 Å². The third kappa shape index (κ3) is 5.59. The first-order chi connectivity index (χ1) is 12.2. The first kappa shape index (κ1) is 20.0. The van der Waals surface area contributed by atoms with Gasteiger partial charge in [0.15, 0.2) is 5.69 Å². The number of aromatic nitrogens is 2. The number of nitrogens with zero attached hydrogens (tertiary/aromatic N) is 3. The minimum Gasteiger partial charge on any atom is -0.354 e. The Kier molecular flexibility index (Phi) is 6.42. The van der Waals surface area contributed by atoms with Gasteiger partial charge in [0, 0.05) is 18.3 Å². The summed E-state index contributed by atoms with van der Waals surface area (Å²) in [4.78, 5) is 9.79. The van der Waals surface area contributed by atoms with E-state index < -0.39 is 11.9 Å². The highest BCUT2D eigenvalue weighted by atomic mass is 19.4. The molecular weight excluding hydrogens is 343 g/mol. The molecule has 0 aliphatic carbocycles. The number of benzene rings is 1. The van der Waals surface area contributed by atoms with Gasteiger partial charge in [0.25, 0.3) is 0 Å². The second kappa shape index (κ2) is 8.35. The first-order valence-electron chi connectivity index (χ1n) is 8.35. The molecule has 1 heterocycles. The van der Waals surface area contributed by atoms with Crippen LogP contribution in [-0.4, -0.2) is 42.1 Å². The second-order valence-corrected chi connectivity index (χ2v) is 6.42. The zero-order valence-electron chi connectivity index (χ0n) is 15.4. The van der Waals surface area contributed by atoms with E-state index in [1.807, 2.05) is 51.0 Å². The zero-order chi connectivity index (χ0) is 19.3. The summed E-state index contributed by atoms with van der Waals surface area (Å²) in [5.41, 5.74) is 1.74. The lowest BCUT2D eigenvalue weighted by molar-refractivity contribution is -0.141. The summed E-state index contributed by atoms with van der Waals surface area (Å²) in [5.74, 6) is 0.0718. The summed E-state index contributed by atoms with van der Waals surface area (Å²) in [6.07, 6.45) is -3.77. The average Bonchev–Trinajstić information content (AvgIpc) is 2.55. The standard InChI is InChI=1S/C18H24F3N5/c1-12-7-5-8-14(13(12)2)23-16-11-15(18(19,20)21)24-17(25-16)22-9-6-10-26(3)4/h5,7-8,11H,6,9-10H2,1-4H3,(H2,22,23,24,25). The molecule has 0 saturated heterocycles. The highest BCUT2D eigenvalue weighted by Gasteiger charge is 2.33. The smallest absolute Gasteiger partial charge is 0.354 e. The van der Waals surface area contributed by atoms with E-state index in [-0.39, 0.29) is 11.8 Å². The van der Waals surface area contributed by atoms with E-state index in [1.54, 1.807) is 0 Å². The molecule has 0 aliphatic rings. The molecule has 0 unspecified atom stereocenters. The van der Waals surface area contributed by atoms with E-state index in [9.17, 15) is 13.2 Å². The van der Waals surface area contributed by atoms with Gasteiger partial charge in [-0.2, -0.15) is 18.2 Å². The van der Waals surface area contributed by atoms with Crippen LogP contribution >= 0.6 is 0 Å². The molecule has 26 heavy (non-hydrogen) atoms. The lowest BCUT2D eigenvalue weighted by Gasteiger charge is -2.15. The van der Waals surface area contributed by atoms with E-state index in [4.69, 9.17) is 0 Å². The monoisotopic (exact) mass is 367 g/mol. The van der Waals surface area contributed by atoms with Crippen LogP contribution < -0.4 is 10.6 Å². The van der Waals surface area contributed by atoms with Crippen molar-refractivity contribution < 1.29 is 13.2 Å². The molecule has 5 nitrogen and oxygen atoms in total. The van der Waals surface area contributed by atoms with Gasteiger partial charge in [-0.15, -0.1) is 0 Å². The van der Waals surface area contributed by atoms with Crippen molar-refractivity contribution in [3.63, 3.8) is 0 Å². The van der Waals surface area contributed by atoms with Crippen LogP contribution in [0.1, 0.15) is 23.2 Å². The predicted octanol–water partition coefficient (Wildman–Crippen LogP) is 4.22. The number of anilines is 3. The summed E-state index contributed by atoms with van der Waals surface area (Å²) >= 11 is 0. The summed E-state index contributed by atoms with van der Waals surface area (Å²) in [5, 5.41) is 5.85. The molecule has 0 aliphatic heterocycles. The van der Waals surface area contributed by atoms with Gasteiger partial charge in [0.05, 0.1) is 0 Å². The van der Waals surface area contributed by atoms with Crippen LogP contribution in [-0.2, 0) is 6.18 Å². The first-order valence-corrected chi connectivity index (χ1v) is 8.35. The Morgan fingerprint density at radius 3 is 2.50 bits per heavy atom. The van der Waals surface area contributed by atoms with Crippen molar-refractivity contribution >= 4 is 17.5 Å². The minimum atomic E-state index is -4.54. The fourth-order valence-electron chi connectivity index (χ4n) is 2.36. The molecule has 142 valence electrons. The van der Waals surface area contributed by atoms with Gasteiger partial charge in [0.2, 0.25) is 5.95 Å². The SMILES string of the molecule is Cc1cccc(Nc2cc(C(F)(F)F)nc(NCCCN(C)C)n2)c1C. The van der Waals surface area contributed by atoms with E-state index in [2.05, 4.69) is 20.6 Å². The molecule has 0 spiro atoms. The largest absolute Gasteiger partial charge is 0.433 e. The van der Waals surface area contributed by atoms with E-state index in [0.29, 0.717) is 6.54 Å². The molecule has 8 heteroatoms. The van der Waals surface area contributed by atoms with Gasteiger partial charge in [-0.3, -0.25) is 0 Å². The van der Waals surface area contributed by atoms with Crippen LogP contribution in [0.4, 0.5) is 30.6 Å². The normalized spacial score (nSPS) is 11.7. The van der Waals surface area contributed by atoms with Crippen molar-refractivity contribution in [2.45, 2.75) is 26.4 Å².